The van der Waals surface area contributed by atoms with Crippen LogP contribution in [0.5, 0.6) is 0 Å². The molecule has 0 aromatic heterocycles. The Kier molecular flexibility index (Phi) is 4.50. The van der Waals surface area contributed by atoms with E-state index in [-0.39, 0.29) is 12.1 Å². The van der Waals surface area contributed by atoms with Crippen molar-refractivity contribution in [1.82, 2.24) is 5.32 Å². The summed E-state index contributed by atoms with van der Waals surface area (Å²) in [7, 11) is 1.84. The summed E-state index contributed by atoms with van der Waals surface area (Å²) in [5, 5.41) is 3.03. The Labute approximate surface area is 96.8 Å². The predicted molar refractivity (Wildman–Crippen MR) is 64.3 cm³/mol. The Balaban J connectivity index is 2.91. The molecule has 1 rings (SSSR count). The minimum atomic E-state index is -0.251. The number of hydrogen-bond acceptors (Lipinski definition) is 3. The number of ether oxygens (including phenoxy) is 1. The van der Waals surface area contributed by atoms with Gasteiger partial charge in [-0.3, -0.25) is 4.79 Å². The van der Waals surface area contributed by atoms with Crippen molar-refractivity contribution in [2.75, 3.05) is 13.6 Å². The number of hydrogen-bond donors (Lipinski definition) is 1. The molecule has 0 saturated heterocycles. The monoisotopic (exact) mass is 221 g/mol. The maximum atomic E-state index is 11.0. The van der Waals surface area contributed by atoms with Crippen LogP contribution < -0.4 is 5.32 Å². The van der Waals surface area contributed by atoms with Crippen molar-refractivity contribution in [2.45, 2.75) is 26.9 Å². The molecule has 0 amide bonds. The average molecular weight is 221 g/mol. The molecule has 3 nitrogen and oxygen atoms in total. The molecular formula is C13H19NO2. The quantitative estimate of drug-likeness (QED) is 0.791. The van der Waals surface area contributed by atoms with Gasteiger partial charge in [0.05, 0.1) is 0 Å². The van der Waals surface area contributed by atoms with Gasteiger partial charge < -0.3 is 10.1 Å². The number of rotatable bonds is 4. The second-order valence-electron chi connectivity index (χ2n) is 4.00. The van der Waals surface area contributed by atoms with E-state index < -0.39 is 0 Å². The highest BCUT2D eigenvalue weighted by Gasteiger charge is 2.14. The molecule has 0 aliphatic rings. The zero-order chi connectivity index (χ0) is 12.1. The predicted octanol–water partition coefficient (Wildman–Crippen LogP) is 2.13. The molecular weight excluding hydrogens is 202 g/mol. The van der Waals surface area contributed by atoms with E-state index in [2.05, 4.69) is 31.3 Å². The Morgan fingerprint density at radius 3 is 2.56 bits per heavy atom. The average Bonchev–Trinajstić information content (AvgIpc) is 2.21. The first-order chi connectivity index (χ1) is 7.54. The van der Waals surface area contributed by atoms with Gasteiger partial charge in [-0.05, 0) is 37.6 Å². The van der Waals surface area contributed by atoms with Crippen LogP contribution in [0.25, 0.3) is 0 Å². The van der Waals surface area contributed by atoms with Crippen molar-refractivity contribution in [3.8, 4) is 0 Å². The molecule has 88 valence electrons. The Morgan fingerprint density at radius 1 is 1.38 bits per heavy atom. The van der Waals surface area contributed by atoms with Crippen molar-refractivity contribution in [2.24, 2.45) is 0 Å². The van der Waals surface area contributed by atoms with Crippen molar-refractivity contribution in [3.05, 3.63) is 34.9 Å². The number of carbonyl (C=O) groups excluding carboxylic acids is 1. The van der Waals surface area contributed by atoms with E-state index >= 15 is 0 Å². The van der Waals surface area contributed by atoms with Crippen LogP contribution in [0.1, 0.15) is 29.7 Å². The van der Waals surface area contributed by atoms with Gasteiger partial charge in [0.2, 0.25) is 0 Å². The molecule has 0 radical (unpaired) electrons. The summed E-state index contributed by atoms with van der Waals surface area (Å²) in [6.45, 7) is 6.19. The lowest BCUT2D eigenvalue weighted by atomic mass is 10.0. The third kappa shape index (κ3) is 3.35. The number of benzene rings is 1. The molecule has 0 heterocycles. The first kappa shape index (κ1) is 12.7. The minimum absolute atomic E-state index is 0.207. The van der Waals surface area contributed by atoms with Gasteiger partial charge >= 0.3 is 5.97 Å². The molecule has 1 atom stereocenters. The van der Waals surface area contributed by atoms with Crippen molar-refractivity contribution < 1.29 is 9.53 Å². The molecule has 0 unspecified atom stereocenters. The molecule has 1 aromatic carbocycles. The van der Waals surface area contributed by atoms with Crippen LogP contribution in [-0.4, -0.2) is 19.6 Å². The van der Waals surface area contributed by atoms with Gasteiger partial charge in [-0.15, -0.1) is 0 Å². The summed E-state index contributed by atoms with van der Waals surface area (Å²) in [6, 6.07) is 6.13. The molecule has 0 bridgehead atoms. The Bertz CT molecular complexity index is 374. The molecule has 3 heteroatoms. The van der Waals surface area contributed by atoms with E-state index in [1.54, 1.807) is 0 Å². The first-order valence-corrected chi connectivity index (χ1v) is 5.43. The molecule has 0 saturated carbocycles. The standard InChI is InChI=1S/C13H19NO2/c1-9-5-6-12(7-10(9)2)13(8-14-4)16-11(3)15/h5-7,13-14H,8H2,1-4H3/t13-/m0/s1. The molecule has 0 aliphatic carbocycles. The van der Waals surface area contributed by atoms with Crippen LogP contribution in [0.4, 0.5) is 0 Å². The lowest BCUT2D eigenvalue weighted by Gasteiger charge is -2.18. The molecule has 1 N–H and O–H groups in total. The third-order valence-electron chi connectivity index (χ3n) is 2.60. The topological polar surface area (TPSA) is 38.3 Å². The minimum Gasteiger partial charge on any atom is -0.456 e. The van der Waals surface area contributed by atoms with E-state index in [9.17, 15) is 4.79 Å². The summed E-state index contributed by atoms with van der Waals surface area (Å²) in [4.78, 5) is 11.0. The zero-order valence-electron chi connectivity index (χ0n) is 10.3. The van der Waals surface area contributed by atoms with Crippen molar-refractivity contribution in [1.29, 1.82) is 0 Å². The Morgan fingerprint density at radius 2 is 2.06 bits per heavy atom. The number of aryl methyl sites for hydroxylation is 2. The van der Waals surface area contributed by atoms with Gasteiger partial charge in [0.15, 0.2) is 0 Å². The van der Waals surface area contributed by atoms with Crippen LogP contribution in [0.2, 0.25) is 0 Å². The largest absolute Gasteiger partial charge is 0.456 e. The highest BCUT2D eigenvalue weighted by atomic mass is 16.5. The van der Waals surface area contributed by atoms with Crippen LogP contribution in [-0.2, 0) is 9.53 Å². The summed E-state index contributed by atoms with van der Waals surface area (Å²) in [5.41, 5.74) is 3.49. The normalized spacial score (nSPS) is 12.2. The second kappa shape index (κ2) is 5.66. The maximum Gasteiger partial charge on any atom is 0.303 e. The number of esters is 1. The van der Waals surface area contributed by atoms with E-state index in [4.69, 9.17) is 4.74 Å². The molecule has 16 heavy (non-hydrogen) atoms. The van der Waals surface area contributed by atoms with Gasteiger partial charge in [-0.25, -0.2) is 0 Å². The summed E-state index contributed by atoms with van der Waals surface area (Å²) < 4.78 is 5.27. The lowest BCUT2D eigenvalue weighted by molar-refractivity contribution is -0.146. The van der Waals surface area contributed by atoms with Crippen molar-refractivity contribution >= 4 is 5.97 Å². The molecule has 0 fully saturated rings. The maximum absolute atomic E-state index is 11.0. The Hall–Kier alpha value is -1.35. The summed E-state index contributed by atoms with van der Waals surface area (Å²) in [6.07, 6.45) is -0.207. The fraction of sp³-hybridized carbons (Fsp3) is 0.462. The van der Waals surface area contributed by atoms with E-state index in [0.717, 1.165) is 5.56 Å². The first-order valence-electron chi connectivity index (χ1n) is 5.43. The van der Waals surface area contributed by atoms with E-state index in [1.807, 2.05) is 13.1 Å². The van der Waals surface area contributed by atoms with Gasteiger partial charge in [0, 0.05) is 13.5 Å². The smallest absolute Gasteiger partial charge is 0.303 e. The van der Waals surface area contributed by atoms with Gasteiger partial charge in [0.25, 0.3) is 0 Å². The molecule has 1 aromatic rings. The highest BCUT2D eigenvalue weighted by molar-refractivity contribution is 5.66. The highest BCUT2D eigenvalue weighted by Crippen LogP contribution is 2.20. The van der Waals surface area contributed by atoms with Gasteiger partial charge in [-0.1, -0.05) is 18.2 Å². The SMILES string of the molecule is CNC[C@H](OC(C)=O)c1ccc(C)c(C)c1. The lowest BCUT2D eigenvalue weighted by Crippen LogP contribution is -2.21. The summed E-state index contributed by atoms with van der Waals surface area (Å²) in [5.74, 6) is -0.251. The number of nitrogens with one attached hydrogen (secondary N) is 1. The summed E-state index contributed by atoms with van der Waals surface area (Å²) >= 11 is 0. The van der Waals surface area contributed by atoms with Crippen LogP contribution >= 0.6 is 0 Å². The third-order valence-corrected chi connectivity index (χ3v) is 2.60. The van der Waals surface area contributed by atoms with Crippen LogP contribution in [0, 0.1) is 13.8 Å². The molecule has 0 aliphatic heterocycles. The van der Waals surface area contributed by atoms with Crippen LogP contribution in [0.15, 0.2) is 18.2 Å². The van der Waals surface area contributed by atoms with Crippen molar-refractivity contribution in [3.63, 3.8) is 0 Å². The number of carbonyl (C=O) groups is 1. The van der Waals surface area contributed by atoms with E-state index in [1.165, 1.54) is 18.1 Å². The van der Waals surface area contributed by atoms with E-state index in [0.29, 0.717) is 6.54 Å². The van der Waals surface area contributed by atoms with Gasteiger partial charge in [-0.2, -0.15) is 0 Å². The van der Waals surface area contributed by atoms with Gasteiger partial charge in [0.1, 0.15) is 6.10 Å². The van der Waals surface area contributed by atoms with Crippen LogP contribution in [0.3, 0.4) is 0 Å². The fourth-order valence-electron chi connectivity index (χ4n) is 1.58. The number of likely N-dealkylation sites (N-methyl/N-ethyl adjacent to an activating group) is 1. The second-order valence-corrected chi connectivity index (χ2v) is 4.00. The zero-order valence-corrected chi connectivity index (χ0v) is 10.3. The molecule has 0 spiro atoms. The fourth-order valence-corrected chi connectivity index (χ4v) is 1.58.